The van der Waals surface area contributed by atoms with Crippen molar-refractivity contribution in [3.8, 4) is 0 Å². The zero-order valence-electron chi connectivity index (χ0n) is 10.4. The van der Waals surface area contributed by atoms with Crippen molar-refractivity contribution in [1.82, 2.24) is 0 Å². The molecule has 0 saturated heterocycles. The molecule has 90 valence electrons. The van der Waals surface area contributed by atoms with E-state index in [1.165, 1.54) is 0 Å². The van der Waals surface area contributed by atoms with E-state index in [2.05, 4.69) is 27.4 Å². The van der Waals surface area contributed by atoms with E-state index in [-0.39, 0.29) is 29.3 Å². The number of rotatable bonds is 1. The van der Waals surface area contributed by atoms with Crippen LogP contribution in [0.25, 0.3) is 0 Å². The summed E-state index contributed by atoms with van der Waals surface area (Å²) in [5.41, 5.74) is -0.0530. The Morgan fingerprint density at radius 1 is 1.50 bits per heavy atom. The van der Waals surface area contributed by atoms with Gasteiger partial charge >= 0.3 is 0 Å². The molecule has 2 saturated carbocycles. The van der Waals surface area contributed by atoms with Gasteiger partial charge in [-0.05, 0) is 23.7 Å². The smallest absolute Gasteiger partial charge is 0.137 e. The first-order chi connectivity index (χ1) is 7.38. The van der Waals surface area contributed by atoms with Crippen molar-refractivity contribution in [3.05, 3.63) is 12.7 Å². The summed E-state index contributed by atoms with van der Waals surface area (Å²) in [4.78, 5) is 12.1. The molecule has 0 aliphatic heterocycles. The highest BCUT2D eigenvalue weighted by molar-refractivity contribution is 5.85. The molecule has 2 nitrogen and oxygen atoms in total. The van der Waals surface area contributed by atoms with Gasteiger partial charge in [0.15, 0.2) is 0 Å². The van der Waals surface area contributed by atoms with Crippen molar-refractivity contribution >= 4 is 5.78 Å². The van der Waals surface area contributed by atoms with E-state index in [0.717, 1.165) is 6.42 Å². The van der Waals surface area contributed by atoms with Gasteiger partial charge in [-0.2, -0.15) is 0 Å². The molecule has 1 N–H and O–H groups in total. The molecule has 0 aromatic heterocycles. The van der Waals surface area contributed by atoms with Crippen LogP contribution >= 0.6 is 0 Å². The summed E-state index contributed by atoms with van der Waals surface area (Å²) in [6.45, 7) is 10.2. The Balaban J connectivity index is 2.38. The number of Topliss-reactive ketones (excluding diaryl/α,β-unsaturated/α-hetero) is 1. The number of allylic oxidation sites excluding steroid dienone is 1. The third kappa shape index (κ3) is 1.55. The maximum Gasteiger partial charge on any atom is 0.137 e. The quantitative estimate of drug-likeness (QED) is 0.692. The summed E-state index contributed by atoms with van der Waals surface area (Å²) in [6, 6.07) is 0. The fraction of sp³-hybridized carbons (Fsp3) is 0.786. The van der Waals surface area contributed by atoms with Crippen molar-refractivity contribution in [2.45, 2.75) is 39.7 Å². The van der Waals surface area contributed by atoms with Gasteiger partial charge in [0.1, 0.15) is 5.78 Å². The molecule has 2 fully saturated rings. The molecular weight excluding hydrogens is 200 g/mol. The van der Waals surface area contributed by atoms with Crippen LogP contribution in [0, 0.1) is 29.1 Å². The Morgan fingerprint density at radius 3 is 2.69 bits per heavy atom. The highest BCUT2D eigenvalue weighted by Gasteiger charge is 2.56. The van der Waals surface area contributed by atoms with E-state index >= 15 is 0 Å². The summed E-state index contributed by atoms with van der Waals surface area (Å²) in [6.07, 6.45) is 3.01. The van der Waals surface area contributed by atoms with Gasteiger partial charge in [0.2, 0.25) is 0 Å². The summed E-state index contributed by atoms with van der Waals surface area (Å²) >= 11 is 0. The molecule has 0 spiro atoms. The molecule has 16 heavy (non-hydrogen) atoms. The molecule has 0 aromatic rings. The average Bonchev–Trinajstić information content (AvgIpc) is 2.37. The van der Waals surface area contributed by atoms with Crippen LogP contribution in [0.15, 0.2) is 12.7 Å². The number of aliphatic hydroxyl groups is 1. The lowest BCUT2D eigenvalue weighted by Crippen LogP contribution is -2.44. The Hall–Kier alpha value is -0.630. The molecule has 5 atom stereocenters. The number of carbonyl (C=O) groups is 1. The summed E-state index contributed by atoms with van der Waals surface area (Å²) in [5.74, 6) is 1.07. The van der Waals surface area contributed by atoms with Crippen molar-refractivity contribution in [1.29, 1.82) is 0 Å². The second-order valence-corrected chi connectivity index (χ2v) is 6.28. The minimum absolute atomic E-state index is 0.00579. The van der Waals surface area contributed by atoms with E-state index in [4.69, 9.17) is 0 Å². The summed E-state index contributed by atoms with van der Waals surface area (Å²) in [7, 11) is 0. The van der Waals surface area contributed by atoms with Crippen LogP contribution in [0.2, 0.25) is 0 Å². The number of hydrogen-bond donors (Lipinski definition) is 1. The predicted octanol–water partition coefficient (Wildman–Crippen LogP) is 2.42. The first kappa shape index (κ1) is 11.8. The Bertz CT molecular complexity index is 319. The number of carbonyl (C=O) groups excluding carboxylic acids is 1. The normalized spacial score (nSPS) is 46.5. The van der Waals surface area contributed by atoms with Crippen molar-refractivity contribution in [2.75, 3.05) is 0 Å². The summed E-state index contributed by atoms with van der Waals surface area (Å²) < 4.78 is 0. The lowest BCUT2D eigenvalue weighted by atomic mass is 9.62. The van der Waals surface area contributed by atoms with Crippen LogP contribution in [-0.4, -0.2) is 17.0 Å². The minimum atomic E-state index is -0.322. The van der Waals surface area contributed by atoms with E-state index in [1.54, 1.807) is 0 Å². The van der Waals surface area contributed by atoms with Gasteiger partial charge in [-0.25, -0.2) is 0 Å². The van der Waals surface area contributed by atoms with Crippen LogP contribution in [0.3, 0.4) is 0 Å². The van der Waals surface area contributed by atoms with Crippen LogP contribution in [0.4, 0.5) is 0 Å². The fourth-order valence-electron chi connectivity index (χ4n) is 4.00. The highest BCUT2D eigenvalue weighted by Crippen LogP contribution is 2.54. The maximum absolute atomic E-state index is 12.1. The average molecular weight is 222 g/mol. The molecule has 2 aliphatic carbocycles. The summed E-state index contributed by atoms with van der Waals surface area (Å²) in [5, 5.41) is 10.2. The molecule has 0 heterocycles. The Labute approximate surface area is 97.7 Å². The third-order valence-corrected chi connectivity index (χ3v) is 4.66. The van der Waals surface area contributed by atoms with Gasteiger partial charge in [-0.1, -0.05) is 26.8 Å². The molecule has 0 bridgehead atoms. The molecule has 2 rings (SSSR count). The largest absolute Gasteiger partial charge is 0.393 e. The van der Waals surface area contributed by atoms with Crippen LogP contribution in [-0.2, 0) is 4.79 Å². The van der Waals surface area contributed by atoms with E-state index in [1.807, 2.05) is 6.08 Å². The fourth-order valence-corrected chi connectivity index (χ4v) is 4.00. The van der Waals surface area contributed by atoms with E-state index < -0.39 is 0 Å². The van der Waals surface area contributed by atoms with Crippen molar-refractivity contribution < 1.29 is 9.90 Å². The molecule has 0 radical (unpaired) electrons. The molecule has 0 unspecified atom stereocenters. The van der Waals surface area contributed by atoms with Gasteiger partial charge in [0.25, 0.3) is 0 Å². The number of aliphatic hydroxyl groups excluding tert-OH is 1. The monoisotopic (exact) mass is 222 g/mol. The number of fused-ring (bicyclic) bond motifs is 1. The zero-order chi connectivity index (χ0) is 12.1. The lowest BCUT2D eigenvalue weighted by molar-refractivity contribution is -0.126. The van der Waals surface area contributed by atoms with Gasteiger partial charge in [0.05, 0.1) is 6.10 Å². The second-order valence-electron chi connectivity index (χ2n) is 6.28. The van der Waals surface area contributed by atoms with Gasteiger partial charge in [-0.15, -0.1) is 6.58 Å². The van der Waals surface area contributed by atoms with E-state index in [9.17, 15) is 9.90 Å². The molecule has 0 aromatic carbocycles. The first-order valence-corrected chi connectivity index (χ1v) is 6.22. The van der Waals surface area contributed by atoms with Crippen LogP contribution in [0.5, 0.6) is 0 Å². The Kier molecular flexibility index (Phi) is 2.73. The van der Waals surface area contributed by atoms with Gasteiger partial charge < -0.3 is 5.11 Å². The van der Waals surface area contributed by atoms with Crippen LogP contribution in [0.1, 0.15) is 33.6 Å². The van der Waals surface area contributed by atoms with Crippen molar-refractivity contribution in [2.24, 2.45) is 29.1 Å². The first-order valence-electron chi connectivity index (χ1n) is 6.22. The van der Waals surface area contributed by atoms with Gasteiger partial charge in [-0.3, -0.25) is 4.79 Å². The predicted molar refractivity (Wildman–Crippen MR) is 63.9 cm³/mol. The maximum atomic E-state index is 12.1. The number of ketones is 1. The SMILES string of the molecule is C=C[C@H]1[C@@H]2C(=O)CC(C)(C)[C@@H]2[C@@H](O)C[C@H]1C. The topological polar surface area (TPSA) is 37.3 Å². The third-order valence-electron chi connectivity index (χ3n) is 4.66. The van der Waals surface area contributed by atoms with E-state index in [0.29, 0.717) is 18.1 Å². The highest BCUT2D eigenvalue weighted by atomic mass is 16.3. The molecule has 2 heteroatoms. The Morgan fingerprint density at radius 2 is 2.12 bits per heavy atom. The molecule has 2 aliphatic rings. The lowest BCUT2D eigenvalue weighted by Gasteiger charge is -2.43. The van der Waals surface area contributed by atoms with Crippen LogP contribution < -0.4 is 0 Å². The standard InChI is InChI=1S/C14H22O2/c1-5-9-8(2)6-10(15)13-12(9)11(16)7-14(13,3)4/h5,8-10,12-13,15H,1,6-7H2,2-4H3/t8-,9-,10+,12-,13-/m1/s1. The number of hydrogen-bond acceptors (Lipinski definition) is 2. The minimum Gasteiger partial charge on any atom is -0.393 e. The molecule has 0 amide bonds. The zero-order valence-corrected chi connectivity index (χ0v) is 10.4. The second kappa shape index (κ2) is 3.69. The molecular formula is C14H22O2. The van der Waals surface area contributed by atoms with Crippen molar-refractivity contribution in [3.63, 3.8) is 0 Å². The van der Waals surface area contributed by atoms with Gasteiger partial charge in [0, 0.05) is 18.3 Å².